The summed E-state index contributed by atoms with van der Waals surface area (Å²) >= 11 is 5.82. The summed E-state index contributed by atoms with van der Waals surface area (Å²) in [6, 6.07) is 7.01. The highest BCUT2D eigenvalue weighted by molar-refractivity contribution is 6.30. The average Bonchev–Trinajstić information content (AvgIpc) is 2.76. The Labute approximate surface area is 133 Å². The molecule has 5 nitrogen and oxygen atoms in total. The van der Waals surface area contributed by atoms with Crippen molar-refractivity contribution in [2.75, 3.05) is 6.61 Å². The molecule has 1 heterocycles. The second-order valence-electron chi connectivity index (χ2n) is 4.55. The van der Waals surface area contributed by atoms with Gasteiger partial charge < -0.3 is 15.3 Å². The number of amides is 1. The third-order valence-electron chi connectivity index (χ3n) is 2.90. The highest BCUT2D eigenvalue weighted by Crippen LogP contribution is 2.22. The number of benzene rings is 1. The molecule has 2 rings (SSSR count). The molecule has 0 spiro atoms. The first-order valence-electron chi connectivity index (χ1n) is 6.53. The Hall–Kier alpha value is -2.53. The summed E-state index contributed by atoms with van der Waals surface area (Å²) < 4.78 is 0. The van der Waals surface area contributed by atoms with Crippen LogP contribution in [0.4, 0.5) is 0 Å². The van der Waals surface area contributed by atoms with Gasteiger partial charge in [-0.05, 0) is 30.7 Å². The van der Waals surface area contributed by atoms with E-state index < -0.39 is 5.91 Å². The Kier molecular flexibility index (Phi) is 5.01. The fourth-order valence-electron chi connectivity index (χ4n) is 1.88. The van der Waals surface area contributed by atoms with Crippen LogP contribution in [0, 0.1) is 0 Å². The number of hydrogen-bond donors (Lipinski definition) is 2. The Morgan fingerprint density at radius 2 is 2.14 bits per heavy atom. The number of aliphatic hydroxyl groups excluding tert-OH is 1. The van der Waals surface area contributed by atoms with Gasteiger partial charge in [-0.15, -0.1) is 0 Å². The van der Waals surface area contributed by atoms with Crippen molar-refractivity contribution in [1.29, 1.82) is 0 Å². The molecule has 0 bridgehead atoms. The van der Waals surface area contributed by atoms with Gasteiger partial charge in [0, 0.05) is 5.02 Å². The first-order chi connectivity index (χ1) is 10.5. The highest BCUT2D eigenvalue weighted by atomic mass is 35.5. The zero-order chi connectivity index (χ0) is 16.1. The Balaban J connectivity index is 2.29. The highest BCUT2D eigenvalue weighted by Gasteiger charge is 2.29. The van der Waals surface area contributed by atoms with Crippen LogP contribution in [0.1, 0.15) is 12.5 Å². The predicted molar refractivity (Wildman–Crippen MR) is 86.5 cm³/mol. The van der Waals surface area contributed by atoms with Crippen molar-refractivity contribution in [1.82, 2.24) is 5.32 Å². The molecule has 0 atom stereocenters. The topological polar surface area (TPSA) is 70.9 Å². The summed E-state index contributed by atoms with van der Waals surface area (Å²) in [6.45, 7) is 5.30. The van der Waals surface area contributed by atoms with Gasteiger partial charge >= 0.3 is 0 Å². The van der Waals surface area contributed by atoms with Crippen LogP contribution >= 0.6 is 11.6 Å². The molecule has 114 valence electrons. The third-order valence-corrected chi connectivity index (χ3v) is 3.16. The minimum atomic E-state index is -0.429. The van der Waals surface area contributed by atoms with Gasteiger partial charge in [-0.3, -0.25) is 4.79 Å². The monoisotopic (exact) mass is 318 g/mol. The lowest BCUT2D eigenvalue weighted by molar-refractivity contribution is -0.115. The normalized spacial score (nSPS) is 16.9. The van der Waals surface area contributed by atoms with Gasteiger partial charge in [0.2, 0.25) is 0 Å². The van der Waals surface area contributed by atoms with E-state index in [4.69, 9.17) is 16.4 Å². The molecule has 1 aliphatic heterocycles. The van der Waals surface area contributed by atoms with E-state index in [-0.39, 0.29) is 23.7 Å². The van der Waals surface area contributed by atoms with Crippen LogP contribution in [0.2, 0.25) is 5.02 Å². The summed E-state index contributed by atoms with van der Waals surface area (Å²) in [7, 11) is 0. The number of aliphatic hydroxyl groups is 1. The molecular formula is C16H15ClN2O3. The molecule has 0 fully saturated rings. The summed E-state index contributed by atoms with van der Waals surface area (Å²) in [4.78, 5) is 16.9. The number of rotatable bonds is 5. The van der Waals surface area contributed by atoms with E-state index in [1.165, 1.54) is 6.08 Å². The number of carbonyl (C=O) groups is 1. The standard InChI is InChI=1S/C16H15ClN2O3/c1-3-8-22-19-10(2)14-15(20)13(18-16(14)21)9-11-4-6-12(17)7-5-11/h3-7,9,20H,1,8H2,2H3,(H,18,21)/b13-9-,19-10+. The average molecular weight is 319 g/mol. The molecule has 1 aromatic carbocycles. The number of hydrogen-bond acceptors (Lipinski definition) is 4. The van der Waals surface area contributed by atoms with Crippen LogP contribution in [0.5, 0.6) is 0 Å². The van der Waals surface area contributed by atoms with Crippen LogP contribution in [0.3, 0.4) is 0 Å². The number of carbonyl (C=O) groups excluding carboxylic acids is 1. The molecule has 0 saturated carbocycles. The lowest BCUT2D eigenvalue weighted by Crippen LogP contribution is -2.19. The van der Waals surface area contributed by atoms with Crippen molar-refractivity contribution in [3.63, 3.8) is 0 Å². The zero-order valence-corrected chi connectivity index (χ0v) is 12.7. The maximum Gasteiger partial charge on any atom is 0.261 e. The van der Waals surface area contributed by atoms with Crippen molar-refractivity contribution < 1.29 is 14.7 Å². The third kappa shape index (κ3) is 3.56. The molecule has 1 aromatic rings. The smallest absolute Gasteiger partial charge is 0.261 e. The molecule has 0 unspecified atom stereocenters. The summed E-state index contributed by atoms with van der Waals surface area (Å²) in [5.74, 6) is -0.593. The predicted octanol–water partition coefficient (Wildman–Crippen LogP) is 3.20. The van der Waals surface area contributed by atoms with E-state index >= 15 is 0 Å². The minimum absolute atomic E-state index is 0.0873. The van der Waals surface area contributed by atoms with Gasteiger partial charge in [-0.1, -0.05) is 41.5 Å². The molecule has 1 amide bonds. The van der Waals surface area contributed by atoms with Crippen LogP contribution in [0.25, 0.3) is 6.08 Å². The SMILES string of the molecule is C=CCO/N=C(\C)C1=C(O)/C(=C/c2ccc(Cl)cc2)NC1=O. The molecule has 0 aliphatic carbocycles. The Morgan fingerprint density at radius 3 is 2.77 bits per heavy atom. The van der Waals surface area contributed by atoms with Gasteiger partial charge in [0.1, 0.15) is 12.2 Å². The number of nitrogens with one attached hydrogen (secondary N) is 1. The van der Waals surface area contributed by atoms with E-state index in [0.717, 1.165) is 5.56 Å². The van der Waals surface area contributed by atoms with E-state index in [0.29, 0.717) is 10.7 Å². The molecule has 1 aliphatic rings. The second-order valence-corrected chi connectivity index (χ2v) is 4.98. The van der Waals surface area contributed by atoms with E-state index in [2.05, 4.69) is 17.1 Å². The van der Waals surface area contributed by atoms with Gasteiger partial charge in [0.15, 0.2) is 5.76 Å². The Morgan fingerprint density at radius 1 is 1.45 bits per heavy atom. The lowest BCUT2D eigenvalue weighted by Gasteiger charge is -2.00. The maximum absolute atomic E-state index is 12.0. The Bertz CT molecular complexity index is 688. The molecule has 0 radical (unpaired) electrons. The molecule has 2 N–H and O–H groups in total. The summed E-state index contributed by atoms with van der Waals surface area (Å²) in [5.41, 5.74) is 1.48. The van der Waals surface area contributed by atoms with E-state index in [1.54, 1.807) is 37.3 Å². The summed E-state index contributed by atoms with van der Waals surface area (Å²) in [5, 5.41) is 17.2. The van der Waals surface area contributed by atoms with E-state index in [1.807, 2.05) is 0 Å². The van der Waals surface area contributed by atoms with Crippen molar-refractivity contribution in [2.24, 2.45) is 5.16 Å². The summed E-state index contributed by atoms with van der Waals surface area (Å²) in [6.07, 6.45) is 3.18. The van der Waals surface area contributed by atoms with E-state index in [9.17, 15) is 9.90 Å². The van der Waals surface area contributed by atoms with Gasteiger partial charge in [0.05, 0.1) is 11.4 Å². The molecule has 0 saturated heterocycles. The van der Waals surface area contributed by atoms with Crippen molar-refractivity contribution in [3.05, 3.63) is 64.5 Å². The molecule has 0 aromatic heterocycles. The molecule has 22 heavy (non-hydrogen) atoms. The number of halogens is 1. The molecular weight excluding hydrogens is 304 g/mol. The van der Waals surface area contributed by atoms with Crippen LogP contribution in [0.15, 0.2) is 59.1 Å². The van der Waals surface area contributed by atoms with Crippen LogP contribution in [-0.2, 0) is 9.63 Å². The maximum atomic E-state index is 12.0. The van der Waals surface area contributed by atoms with Crippen LogP contribution < -0.4 is 5.32 Å². The quantitative estimate of drug-likeness (QED) is 0.379. The number of nitrogens with zero attached hydrogens (tertiary/aromatic N) is 1. The first-order valence-corrected chi connectivity index (χ1v) is 6.90. The fraction of sp³-hybridized carbons (Fsp3) is 0.125. The van der Waals surface area contributed by atoms with Gasteiger partial charge in [-0.25, -0.2) is 0 Å². The fourth-order valence-corrected chi connectivity index (χ4v) is 2.01. The van der Waals surface area contributed by atoms with Crippen LogP contribution in [-0.4, -0.2) is 23.3 Å². The lowest BCUT2D eigenvalue weighted by atomic mass is 10.1. The largest absolute Gasteiger partial charge is 0.505 e. The minimum Gasteiger partial charge on any atom is -0.505 e. The van der Waals surface area contributed by atoms with Crippen molar-refractivity contribution in [3.8, 4) is 0 Å². The second kappa shape index (κ2) is 6.95. The van der Waals surface area contributed by atoms with Gasteiger partial charge in [-0.2, -0.15) is 0 Å². The molecule has 6 heteroatoms. The van der Waals surface area contributed by atoms with Crippen molar-refractivity contribution in [2.45, 2.75) is 6.92 Å². The van der Waals surface area contributed by atoms with Crippen molar-refractivity contribution >= 4 is 29.3 Å². The van der Waals surface area contributed by atoms with Gasteiger partial charge in [0.25, 0.3) is 5.91 Å². The first kappa shape index (κ1) is 15.9. The zero-order valence-electron chi connectivity index (χ0n) is 12.0. The number of oxime groups is 1.